The molecule has 0 saturated carbocycles. The van der Waals surface area contributed by atoms with Gasteiger partial charge in [0.2, 0.25) is 5.91 Å². The van der Waals surface area contributed by atoms with E-state index in [-0.39, 0.29) is 17.9 Å². The van der Waals surface area contributed by atoms with Crippen molar-refractivity contribution >= 4 is 16.1 Å². The number of amides is 1. The fourth-order valence-electron chi connectivity index (χ4n) is 3.27. The van der Waals surface area contributed by atoms with E-state index in [4.69, 9.17) is 4.74 Å². The number of hydrogen-bond donors (Lipinski definition) is 1. The van der Waals surface area contributed by atoms with Crippen molar-refractivity contribution in [2.24, 2.45) is 5.92 Å². The summed E-state index contributed by atoms with van der Waals surface area (Å²) >= 11 is 0. The molecular formula is C20H33N3O4S. The molecule has 0 bridgehead atoms. The molecule has 7 nitrogen and oxygen atoms in total. The van der Waals surface area contributed by atoms with Gasteiger partial charge >= 0.3 is 0 Å². The summed E-state index contributed by atoms with van der Waals surface area (Å²) in [5, 5.41) is 3.00. The van der Waals surface area contributed by atoms with Crippen molar-refractivity contribution in [3.05, 3.63) is 29.8 Å². The molecule has 2 rings (SSSR count). The van der Waals surface area contributed by atoms with E-state index in [1.54, 1.807) is 0 Å². The predicted octanol–water partition coefficient (Wildman–Crippen LogP) is 2.04. The normalized spacial score (nSPS) is 16.5. The van der Waals surface area contributed by atoms with E-state index in [2.05, 4.69) is 11.4 Å². The minimum atomic E-state index is -3.39. The highest BCUT2D eigenvalue weighted by Crippen LogP contribution is 2.21. The van der Waals surface area contributed by atoms with Gasteiger partial charge in [0.25, 0.3) is 10.2 Å². The van der Waals surface area contributed by atoms with Crippen LogP contribution in [0.25, 0.3) is 0 Å². The van der Waals surface area contributed by atoms with Gasteiger partial charge in [-0.05, 0) is 57.2 Å². The predicted molar refractivity (Wildman–Crippen MR) is 110 cm³/mol. The van der Waals surface area contributed by atoms with Gasteiger partial charge in [-0.2, -0.15) is 17.0 Å². The van der Waals surface area contributed by atoms with Gasteiger partial charge in [0.1, 0.15) is 5.75 Å². The number of hydrogen-bond acceptors (Lipinski definition) is 4. The van der Waals surface area contributed by atoms with Crippen LogP contribution in [0, 0.1) is 5.92 Å². The van der Waals surface area contributed by atoms with E-state index >= 15 is 0 Å². The molecule has 1 aromatic rings. The number of piperidine rings is 1. The van der Waals surface area contributed by atoms with Gasteiger partial charge in [-0.1, -0.05) is 12.1 Å². The molecule has 1 amide bonds. The molecule has 0 atom stereocenters. The van der Waals surface area contributed by atoms with Crippen LogP contribution >= 0.6 is 0 Å². The lowest BCUT2D eigenvalue weighted by molar-refractivity contribution is -0.126. The molecule has 0 aromatic heterocycles. The highest BCUT2D eigenvalue weighted by atomic mass is 32.2. The van der Waals surface area contributed by atoms with E-state index in [1.807, 2.05) is 32.0 Å². The molecule has 1 fully saturated rings. The molecule has 0 unspecified atom stereocenters. The van der Waals surface area contributed by atoms with Gasteiger partial charge in [-0.15, -0.1) is 0 Å². The average Bonchev–Trinajstić information content (AvgIpc) is 2.65. The Balaban J connectivity index is 1.71. The second kappa shape index (κ2) is 10.2. The zero-order chi connectivity index (χ0) is 20.7. The van der Waals surface area contributed by atoms with Crippen molar-refractivity contribution in [2.45, 2.75) is 45.6 Å². The van der Waals surface area contributed by atoms with E-state index in [0.29, 0.717) is 32.5 Å². The van der Waals surface area contributed by atoms with Crippen molar-refractivity contribution in [2.75, 3.05) is 33.7 Å². The maximum absolute atomic E-state index is 12.4. The number of benzene rings is 1. The highest BCUT2D eigenvalue weighted by Gasteiger charge is 2.31. The Hall–Kier alpha value is -1.64. The quantitative estimate of drug-likeness (QED) is 0.631. The number of nitrogens with one attached hydrogen (secondary N) is 1. The molecule has 1 saturated heterocycles. The monoisotopic (exact) mass is 411 g/mol. The van der Waals surface area contributed by atoms with E-state index in [0.717, 1.165) is 18.6 Å². The van der Waals surface area contributed by atoms with Gasteiger partial charge < -0.3 is 10.1 Å². The average molecular weight is 412 g/mol. The van der Waals surface area contributed by atoms with Crippen molar-refractivity contribution in [1.82, 2.24) is 13.9 Å². The van der Waals surface area contributed by atoms with Gasteiger partial charge in [0.15, 0.2) is 0 Å². The summed E-state index contributed by atoms with van der Waals surface area (Å²) in [7, 11) is -0.334. The number of ether oxygens (including phenoxy) is 1. The third-order valence-corrected chi connectivity index (χ3v) is 6.76. The lowest BCUT2D eigenvalue weighted by Crippen LogP contribution is -2.46. The molecular weight excluding hydrogens is 378 g/mol. The van der Waals surface area contributed by atoms with Crippen molar-refractivity contribution < 1.29 is 17.9 Å². The first-order valence-corrected chi connectivity index (χ1v) is 11.3. The SMILES string of the molecule is CC(C)Oc1cccc(CCCNC(=O)C2CCN(S(=O)(=O)N(C)C)CC2)c1. The molecule has 0 radical (unpaired) electrons. The van der Waals surface area contributed by atoms with Gasteiger partial charge in [-0.25, -0.2) is 0 Å². The van der Waals surface area contributed by atoms with Crippen LogP contribution in [-0.4, -0.2) is 62.8 Å². The van der Waals surface area contributed by atoms with Crippen LogP contribution in [0.15, 0.2) is 24.3 Å². The number of nitrogens with zero attached hydrogens (tertiary/aromatic N) is 2. The van der Waals surface area contributed by atoms with Crippen molar-refractivity contribution in [3.63, 3.8) is 0 Å². The molecule has 8 heteroatoms. The minimum absolute atomic E-state index is 0.0267. The number of carbonyl (C=O) groups excluding carboxylic acids is 1. The van der Waals surface area contributed by atoms with Crippen molar-refractivity contribution in [1.29, 1.82) is 0 Å². The largest absolute Gasteiger partial charge is 0.491 e. The Kier molecular flexibility index (Phi) is 8.27. The Morgan fingerprint density at radius 2 is 1.96 bits per heavy atom. The molecule has 158 valence electrons. The summed E-state index contributed by atoms with van der Waals surface area (Å²) in [6.45, 7) is 5.40. The Morgan fingerprint density at radius 1 is 1.29 bits per heavy atom. The zero-order valence-electron chi connectivity index (χ0n) is 17.3. The fourth-order valence-corrected chi connectivity index (χ4v) is 4.41. The van der Waals surface area contributed by atoms with Crippen LogP contribution in [0.3, 0.4) is 0 Å². The number of aryl methyl sites for hydroxylation is 1. The van der Waals surface area contributed by atoms with E-state index < -0.39 is 10.2 Å². The van der Waals surface area contributed by atoms with Crippen molar-refractivity contribution in [3.8, 4) is 5.75 Å². The first-order chi connectivity index (χ1) is 13.2. The molecule has 1 aliphatic heterocycles. The molecule has 28 heavy (non-hydrogen) atoms. The first kappa shape index (κ1) is 22.6. The molecule has 1 aromatic carbocycles. The lowest BCUT2D eigenvalue weighted by Gasteiger charge is -2.32. The van der Waals surface area contributed by atoms with Gasteiger partial charge in [0.05, 0.1) is 6.10 Å². The molecule has 0 aliphatic carbocycles. The maximum Gasteiger partial charge on any atom is 0.281 e. The maximum atomic E-state index is 12.4. The Morgan fingerprint density at radius 3 is 2.57 bits per heavy atom. The second-order valence-electron chi connectivity index (χ2n) is 7.67. The lowest BCUT2D eigenvalue weighted by atomic mass is 9.97. The number of rotatable bonds is 9. The summed E-state index contributed by atoms with van der Waals surface area (Å²) < 4.78 is 32.6. The topological polar surface area (TPSA) is 79.0 Å². The molecule has 1 heterocycles. The third kappa shape index (κ3) is 6.46. The first-order valence-electron chi connectivity index (χ1n) is 9.91. The summed E-state index contributed by atoms with van der Waals surface area (Å²) in [4.78, 5) is 12.4. The smallest absolute Gasteiger partial charge is 0.281 e. The minimum Gasteiger partial charge on any atom is -0.491 e. The molecule has 1 N–H and O–H groups in total. The standard InChI is InChI=1S/C20H33N3O4S/c1-16(2)27-19-9-5-7-17(15-19)8-6-12-21-20(24)18-10-13-23(14-11-18)28(25,26)22(3)4/h5,7,9,15-16,18H,6,8,10-14H2,1-4H3,(H,21,24). The molecule has 0 spiro atoms. The summed E-state index contributed by atoms with van der Waals surface area (Å²) in [5.41, 5.74) is 1.19. The van der Waals surface area contributed by atoms with E-state index in [1.165, 1.54) is 28.3 Å². The third-order valence-electron chi connectivity index (χ3n) is 4.82. The van der Waals surface area contributed by atoms with Crippen LogP contribution in [0.1, 0.15) is 38.7 Å². The summed E-state index contributed by atoms with van der Waals surface area (Å²) in [5.74, 6) is 0.783. The van der Waals surface area contributed by atoms with Gasteiger partial charge in [-0.3, -0.25) is 4.79 Å². The Labute approximate surface area is 169 Å². The van der Waals surface area contributed by atoms with Crippen LogP contribution in [-0.2, 0) is 21.4 Å². The van der Waals surface area contributed by atoms with Crippen LogP contribution in [0.5, 0.6) is 5.75 Å². The van der Waals surface area contributed by atoms with Crippen LogP contribution < -0.4 is 10.1 Å². The Bertz CT molecular complexity index is 742. The summed E-state index contributed by atoms with van der Waals surface area (Å²) in [6.07, 6.45) is 2.99. The fraction of sp³-hybridized carbons (Fsp3) is 0.650. The van der Waals surface area contributed by atoms with Crippen LogP contribution in [0.2, 0.25) is 0 Å². The molecule has 1 aliphatic rings. The van der Waals surface area contributed by atoms with E-state index in [9.17, 15) is 13.2 Å². The highest BCUT2D eigenvalue weighted by molar-refractivity contribution is 7.86. The summed E-state index contributed by atoms with van der Waals surface area (Å²) in [6, 6.07) is 8.05. The van der Waals surface area contributed by atoms with Gasteiger partial charge in [0, 0.05) is 39.6 Å². The second-order valence-corrected chi connectivity index (χ2v) is 9.81. The number of carbonyl (C=O) groups is 1. The zero-order valence-corrected chi connectivity index (χ0v) is 18.2. The van der Waals surface area contributed by atoms with Crippen LogP contribution in [0.4, 0.5) is 0 Å².